The Bertz CT molecular complexity index is 1480. The molecule has 0 radical (unpaired) electrons. The van der Waals surface area contributed by atoms with Crippen LogP contribution in [0.15, 0.2) is 90.1 Å². The van der Waals surface area contributed by atoms with Gasteiger partial charge < -0.3 is 15.7 Å². The van der Waals surface area contributed by atoms with Crippen molar-refractivity contribution in [3.8, 4) is 11.1 Å². The number of nitrogens with one attached hydrogen (secondary N) is 2. The lowest BCUT2D eigenvalue weighted by molar-refractivity contribution is -0.137. The largest absolute Gasteiger partial charge is 0.481 e. The van der Waals surface area contributed by atoms with Crippen LogP contribution in [0.3, 0.4) is 0 Å². The molecule has 0 saturated carbocycles. The third-order valence-corrected chi connectivity index (χ3v) is 6.47. The fraction of sp³-hybridized carbons (Fsp3) is 0.200. The Morgan fingerprint density at radius 2 is 1.68 bits per heavy atom. The van der Waals surface area contributed by atoms with Crippen molar-refractivity contribution in [2.24, 2.45) is 0 Å². The van der Waals surface area contributed by atoms with Crippen molar-refractivity contribution in [2.75, 3.05) is 10.6 Å². The summed E-state index contributed by atoms with van der Waals surface area (Å²) in [6.07, 6.45) is 3.87. The summed E-state index contributed by atoms with van der Waals surface area (Å²) in [5.74, 6) is -0.857. The van der Waals surface area contributed by atoms with Crippen LogP contribution in [-0.2, 0) is 11.3 Å². The van der Waals surface area contributed by atoms with Crippen LogP contribution in [0.25, 0.3) is 11.1 Å². The van der Waals surface area contributed by atoms with Gasteiger partial charge in [0.15, 0.2) is 0 Å². The van der Waals surface area contributed by atoms with Gasteiger partial charge in [0.1, 0.15) is 0 Å². The minimum absolute atomic E-state index is 0.0414. The number of rotatable bonds is 9. The molecule has 8 nitrogen and oxygen atoms in total. The van der Waals surface area contributed by atoms with Gasteiger partial charge in [-0.1, -0.05) is 61.5 Å². The third-order valence-electron chi connectivity index (χ3n) is 6.47. The molecule has 0 bridgehead atoms. The minimum atomic E-state index is -0.815. The number of hydrogen-bond donors (Lipinski definition) is 3. The normalized spacial score (nSPS) is 11.5. The summed E-state index contributed by atoms with van der Waals surface area (Å²) in [7, 11) is 0. The van der Waals surface area contributed by atoms with E-state index in [9.17, 15) is 14.4 Å². The van der Waals surface area contributed by atoms with Crippen LogP contribution in [0, 0.1) is 6.92 Å². The highest BCUT2D eigenvalue weighted by Gasteiger charge is 2.14. The lowest BCUT2D eigenvalue weighted by Crippen LogP contribution is -2.22. The van der Waals surface area contributed by atoms with Gasteiger partial charge in [0.05, 0.1) is 24.9 Å². The quantitative estimate of drug-likeness (QED) is 0.260. The second-order valence-corrected chi connectivity index (χ2v) is 9.16. The number of carboxylic acids is 1. The van der Waals surface area contributed by atoms with E-state index in [-0.39, 0.29) is 23.9 Å². The van der Waals surface area contributed by atoms with E-state index >= 15 is 0 Å². The van der Waals surface area contributed by atoms with Crippen LogP contribution in [0.5, 0.6) is 0 Å². The van der Waals surface area contributed by atoms with Crippen molar-refractivity contribution < 1.29 is 14.7 Å². The highest BCUT2D eigenvalue weighted by Crippen LogP contribution is 2.24. The number of hydrogen-bond acceptors (Lipinski definition) is 4. The number of carboxylic acid groups (broad SMARTS) is 1. The lowest BCUT2D eigenvalue weighted by atomic mass is 9.92. The van der Waals surface area contributed by atoms with Crippen LogP contribution in [0.2, 0.25) is 0 Å². The van der Waals surface area contributed by atoms with E-state index in [1.807, 2.05) is 62.4 Å². The highest BCUT2D eigenvalue weighted by atomic mass is 16.4. The van der Waals surface area contributed by atoms with Crippen LogP contribution in [0.1, 0.15) is 42.4 Å². The van der Waals surface area contributed by atoms with Gasteiger partial charge in [-0.05, 0) is 59.7 Å². The zero-order chi connectivity index (χ0) is 27.1. The molecule has 3 N–H and O–H groups in total. The Hall–Kier alpha value is -4.72. The number of anilines is 2. The minimum Gasteiger partial charge on any atom is -0.481 e. The first kappa shape index (κ1) is 26.3. The molecule has 38 heavy (non-hydrogen) atoms. The van der Waals surface area contributed by atoms with Crippen LogP contribution in [0.4, 0.5) is 16.2 Å². The third kappa shape index (κ3) is 6.53. The first-order chi connectivity index (χ1) is 18.3. The summed E-state index contributed by atoms with van der Waals surface area (Å²) in [5, 5.41) is 14.8. The number of aryl methyl sites for hydroxylation is 1. The molecule has 1 aromatic heterocycles. The van der Waals surface area contributed by atoms with Gasteiger partial charge in [0, 0.05) is 17.6 Å². The molecule has 0 spiro atoms. The predicted molar refractivity (Wildman–Crippen MR) is 149 cm³/mol. The monoisotopic (exact) mass is 510 g/mol. The van der Waals surface area contributed by atoms with Crippen molar-refractivity contribution in [1.29, 1.82) is 0 Å². The summed E-state index contributed by atoms with van der Waals surface area (Å²) in [4.78, 5) is 40.9. The van der Waals surface area contributed by atoms with E-state index < -0.39 is 5.97 Å². The molecule has 0 aliphatic heterocycles. The van der Waals surface area contributed by atoms with E-state index in [0.29, 0.717) is 23.4 Å². The number of amides is 2. The summed E-state index contributed by atoms with van der Waals surface area (Å²) in [6.45, 7) is 4.24. The second-order valence-electron chi connectivity index (χ2n) is 9.16. The average molecular weight is 511 g/mol. The van der Waals surface area contributed by atoms with Crippen LogP contribution >= 0.6 is 0 Å². The molecular weight excluding hydrogens is 480 g/mol. The maximum Gasteiger partial charge on any atom is 0.323 e. The Morgan fingerprint density at radius 1 is 0.974 bits per heavy atom. The maximum atomic E-state index is 13.2. The smallest absolute Gasteiger partial charge is 0.323 e. The molecule has 4 aromatic rings. The molecule has 1 heterocycles. The number of nitrogens with zero attached hydrogens (tertiary/aromatic N) is 2. The molecule has 0 saturated heterocycles. The van der Waals surface area contributed by atoms with Crippen LogP contribution in [-0.4, -0.2) is 26.7 Å². The molecule has 8 heteroatoms. The topological polar surface area (TPSA) is 113 Å². The number of para-hydroxylation sites is 1. The first-order valence-corrected chi connectivity index (χ1v) is 12.4. The van der Waals surface area contributed by atoms with Crippen molar-refractivity contribution >= 4 is 23.4 Å². The molecule has 3 aromatic carbocycles. The van der Waals surface area contributed by atoms with Gasteiger partial charge in [-0.3, -0.25) is 14.2 Å². The predicted octanol–water partition coefficient (Wildman–Crippen LogP) is 5.88. The SMILES string of the molecule is CC[C@H](CC(=O)O)c1ccc(Cn2cncc(-c3ccc(NC(=O)Nc4ccccc4C)cc3)c2=O)cc1. The van der Waals surface area contributed by atoms with E-state index in [4.69, 9.17) is 5.11 Å². The standard InChI is InChI=1S/C30H30N4O4/c1-3-22(16-28(35)36)23-10-8-21(9-11-23)18-34-19-31-17-26(29(34)37)24-12-14-25(15-13-24)32-30(38)33-27-7-5-4-6-20(27)2/h4-15,17,19,22H,3,16,18H2,1-2H3,(H,35,36)(H2,32,33,38)/t22-/m1/s1. The Morgan fingerprint density at radius 3 is 2.34 bits per heavy atom. The Labute approximate surface area is 221 Å². The van der Waals surface area contributed by atoms with Crippen molar-refractivity contribution in [3.05, 3.63) is 112 Å². The van der Waals surface area contributed by atoms with Crippen molar-refractivity contribution in [1.82, 2.24) is 9.55 Å². The molecular formula is C30H30N4O4. The zero-order valence-electron chi connectivity index (χ0n) is 21.3. The van der Waals surface area contributed by atoms with E-state index in [2.05, 4.69) is 15.6 Å². The van der Waals surface area contributed by atoms with Gasteiger partial charge in [-0.2, -0.15) is 0 Å². The van der Waals surface area contributed by atoms with Gasteiger partial charge in [-0.25, -0.2) is 9.78 Å². The van der Waals surface area contributed by atoms with E-state index in [1.165, 1.54) is 12.5 Å². The Kier molecular flexibility index (Phi) is 8.33. The number of aromatic nitrogens is 2. The molecule has 2 amide bonds. The number of benzene rings is 3. The fourth-order valence-electron chi connectivity index (χ4n) is 4.29. The number of aliphatic carboxylic acids is 1. The fourth-order valence-corrected chi connectivity index (χ4v) is 4.29. The number of carbonyl (C=O) groups excluding carboxylic acids is 1. The average Bonchev–Trinajstić information content (AvgIpc) is 2.91. The van der Waals surface area contributed by atoms with Gasteiger partial charge in [-0.15, -0.1) is 0 Å². The maximum absolute atomic E-state index is 13.2. The van der Waals surface area contributed by atoms with Gasteiger partial charge in [0.25, 0.3) is 5.56 Å². The molecule has 0 aliphatic rings. The van der Waals surface area contributed by atoms with E-state index in [0.717, 1.165) is 28.8 Å². The van der Waals surface area contributed by atoms with Gasteiger partial charge >= 0.3 is 12.0 Å². The first-order valence-electron chi connectivity index (χ1n) is 12.4. The molecule has 0 unspecified atom stereocenters. The summed E-state index contributed by atoms with van der Waals surface area (Å²) >= 11 is 0. The molecule has 0 fully saturated rings. The number of urea groups is 1. The summed E-state index contributed by atoms with van der Waals surface area (Å²) in [5.41, 5.74) is 5.14. The van der Waals surface area contributed by atoms with Crippen molar-refractivity contribution in [3.63, 3.8) is 0 Å². The van der Waals surface area contributed by atoms with Crippen LogP contribution < -0.4 is 16.2 Å². The highest BCUT2D eigenvalue weighted by molar-refractivity contribution is 6.00. The number of carbonyl (C=O) groups is 2. The molecule has 1 atom stereocenters. The lowest BCUT2D eigenvalue weighted by Gasteiger charge is -2.14. The summed E-state index contributed by atoms with van der Waals surface area (Å²) in [6, 6.07) is 21.9. The molecule has 4 rings (SSSR count). The second kappa shape index (κ2) is 12.0. The molecule has 0 aliphatic carbocycles. The Balaban J connectivity index is 1.44. The van der Waals surface area contributed by atoms with E-state index in [1.54, 1.807) is 28.8 Å². The summed E-state index contributed by atoms with van der Waals surface area (Å²) < 4.78 is 1.54. The molecule has 194 valence electrons. The van der Waals surface area contributed by atoms with Gasteiger partial charge in [0.2, 0.25) is 0 Å². The zero-order valence-corrected chi connectivity index (χ0v) is 21.3. The van der Waals surface area contributed by atoms with Crippen molar-refractivity contribution in [2.45, 2.75) is 39.2 Å².